The second-order valence-electron chi connectivity index (χ2n) is 5.34. The molecule has 0 spiro atoms. The number of benzene rings is 1. The molecule has 20 heavy (non-hydrogen) atoms. The molecule has 110 valence electrons. The van der Waals surface area contributed by atoms with Crippen molar-refractivity contribution in [3.63, 3.8) is 0 Å². The van der Waals surface area contributed by atoms with E-state index in [1.165, 1.54) is 4.90 Å². The van der Waals surface area contributed by atoms with Gasteiger partial charge in [0.15, 0.2) is 0 Å². The van der Waals surface area contributed by atoms with E-state index in [2.05, 4.69) is 36.0 Å². The van der Waals surface area contributed by atoms with Crippen molar-refractivity contribution in [1.29, 1.82) is 0 Å². The van der Waals surface area contributed by atoms with Crippen molar-refractivity contribution in [2.45, 2.75) is 24.3 Å². The lowest BCUT2D eigenvalue weighted by Crippen LogP contribution is -2.54. The third-order valence-corrected chi connectivity index (χ3v) is 4.59. The molecule has 1 saturated heterocycles. The third-order valence-electron chi connectivity index (χ3n) is 3.84. The van der Waals surface area contributed by atoms with Crippen molar-refractivity contribution in [3.05, 3.63) is 29.8 Å². The average molecular weight is 294 g/mol. The molecule has 4 nitrogen and oxygen atoms in total. The van der Waals surface area contributed by atoms with Gasteiger partial charge < -0.3 is 9.94 Å². The van der Waals surface area contributed by atoms with Crippen LogP contribution in [-0.2, 0) is 4.74 Å². The molecule has 0 saturated carbocycles. The van der Waals surface area contributed by atoms with Gasteiger partial charge in [-0.1, -0.05) is 17.3 Å². The second kappa shape index (κ2) is 6.61. The first-order valence-corrected chi connectivity index (χ1v) is 8.02. The van der Waals surface area contributed by atoms with E-state index in [0.29, 0.717) is 5.71 Å². The van der Waals surface area contributed by atoms with Crippen molar-refractivity contribution < 1.29 is 9.94 Å². The van der Waals surface area contributed by atoms with Crippen LogP contribution in [0, 0.1) is 0 Å². The number of thioether (sulfide) groups is 1. The highest BCUT2D eigenvalue weighted by molar-refractivity contribution is 7.98. The van der Waals surface area contributed by atoms with Crippen molar-refractivity contribution in [2.75, 3.05) is 32.6 Å². The van der Waals surface area contributed by atoms with Crippen molar-refractivity contribution >= 4 is 17.5 Å². The van der Waals surface area contributed by atoms with E-state index >= 15 is 0 Å². The Labute approximate surface area is 124 Å². The molecule has 1 N–H and O–H groups in total. The number of ether oxygens (including phenoxy) is 1. The largest absolute Gasteiger partial charge is 0.411 e. The van der Waals surface area contributed by atoms with Crippen LogP contribution in [0.1, 0.15) is 19.4 Å². The summed E-state index contributed by atoms with van der Waals surface area (Å²) in [6.07, 6.45) is 2.05. The fraction of sp³-hybridized carbons (Fsp3) is 0.533. The summed E-state index contributed by atoms with van der Waals surface area (Å²) < 4.78 is 5.40. The molecule has 1 aromatic carbocycles. The lowest BCUT2D eigenvalue weighted by Gasteiger charge is -2.41. The van der Waals surface area contributed by atoms with Gasteiger partial charge in [0, 0.05) is 23.5 Å². The zero-order chi connectivity index (χ0) is 14.6. The van der Waals surface area contributed by atoms with Crippen LogP contribution in [0.25, 0.3) is 0 Å². The van der Waals surface area contributed by atoms with Crippen LogP contribution >= 0.6 is 11.8 Å². The fourth-order valence-corrected chi connectivity index (χ4v) is 2.96. The Balaban J connectivity index is 2.25. The molecule has 0 aromatic heterocycles. The molecule has 1 aliphatic heterocycles. The summed E-state index contributed by atoms with van der Waals surface area (Å²) in [5, 5.41) is 13.1. The molecule has 0 atom stereocenters. The standard InChI is InChI=1S/C15H22N2O2S/c1-15(2,17-8-10-19-11-9-17)14(16-18)12-4-6-13(20-3)7-5-12/h4-7,18H,8-11H2,1-3H3. The number of oxime groups is 1. The van der Waals surface area contributed by atoms with Gasteiger partial charge >= 0.3 is 0 Å². The molecule has 1 heterocycles. The summed E-state index contributed by atoms with van der Waals surface area (Å²) in [5.74, 6) is 0. The van der Waals surface area contributed by atoms with E-state index in [0.717, 1.165) is 31.9 Å². The molecule has 0 aliphatic carbocycles. The molecule has 2 rings (SSSR count). The Morgan fingerprint density at radius 1 is 1.25 bits per heavy atom. The van der Waals surface area contributed by atoms with Gasteiger partial charge in [-0.15, -0.1) is 11.8 Å². The molecular weight excluding hydrogens is 272 g/mol. The summed E-state index contributed by atoms with van der Waals surface area (Å²) in [5.41, 5.74) is 1.34. The SMILES string of the molecule is CSc1ccc(C(=NO)C(C)(C)N2CCOCC2)cc1. The van der Waals surface area contributed by atoms with Gasteiger partial charge in [-0.2, -0.15) is 0 Å². The van der Waals surface area contributed by atoms with Crippen LogP contribution in [0.3, 0.4) is 0 Å². The predicted molar refractivity (Wildman–Crippen MR) is 83.0 cm³/mol. The minimum Gasteiger partial charge on any atom is -0.411 e. The van der Waals surface area contributed by atoms with Crippen molar-refractivity contribution in [3.8, 4) is 0 Å². The molecule has 0 unspecified atom stereocenters. The van der Waals surface area contributed by atoms with Crippen LogP contribution in [0.2, 0.25) is 0 Å². The van der Waals surface area contributed by atoms with E-state index in [-0.39, 0.29) is 5.54 Å². The molecule has 1 fully saturated rings. The predicted octanol–water partition coefficient (Wildman–Crippen LogP) is 2.70. The van der Waals surface area contributed by atoms with Crippen molar-refractivity contribution in [1.82, 2.24) is 4.90 Å². The van der Waals surface area contributed by atoms with Gasteiger partial charge in [-0.05, 0) is 32.2 Å². The molecule has 0 amide bonds. The maximum absolute atomic E-state index is 9.50. The van der Waals surface area contributed by atoms with Crippen molar-refractivity contribution in [2.24, 2.45) is 5.16 Å². The lowest BCUT2D eigenvalue weighted by molar-refractivity contribution is 0.00951. The monoisotopic (exact) mass is 294 g/mol. The molecule has 0 bridgehead atoms. The van der Waals surface area contributed by atoms with E-state index in [1.807, 2.05) is 18.4 Å². The zero-order valence-corrected chi connectivity index (χ0v) is 13.1. The van der Waals surface area contributed by atoms with Crippen LogP contribution in [0.4, 0.5) is 0 Å². The summed E-state index contributed by atoms with van der Waals surface area (Å²) in [6.45, 7) is 7.36. The van der Waals surface area contributed by atoms with E-state index in [9.17, 15) is 5.21 Å². The van der Waals surface area contributed by atoms with Gasteiger partial charge in [0.2, 0.25) is 0 Å². The Morgan fingerprint density at radius 2 is 1.85 bits per heavy atom. The number of rotatable bonds is 4. The first kappa shape index (κ1) is 15.4. The summed E-state index contributed by atoms with van der Waals surface area (Å²) in [7, 11) is 0. The summed E-state index contributed by atoms with van der Waals surface area (Å²) in [6, 6.07) is 8.15. The van der Waals surface area contributed by atoms with Gasteiger partial charge in [-0.3, -0.25) is 4.90 Å². The van der Waals surface area contributed by atoms with Crippen LogP contribution < -0.4 is 0 Å². The van der Waals surface area contributed by atoms with E-state index in [4.69, 9.17) is 4.74 Å². The van der Waals surface area contributed by atoms with E-state index in [1.54, 1.807) is 11.8 Å². The van der Waals surface area contributed by atoms with Crippen LogP contribution in [0.15, 0.2) is 34.3 Å². The second-order valence-corrected chi connectivity index (χ2v) is 6.22. The minimum absolute atomic E-state index is 0.320. The van der Waals surface area contributed by atoms with Crippen LogP contribution in [-0.4, -0.2) is 53.9 Å². The zero-order valence-electron chi connectivity index (χ0n) is 12.3. The van der Waals surface area contributed by atoms with Gasteiger partial charge in [0.1, 0.15) is 5.71 Å². The molecule has 1 aromatic rings. The fourth-order valence-electron chi connectivity index (χ4n) is 2.55. The topological polar surface area (TPSA) is 45.1 Å². The van der Waals surface area contributed by atoms with Gasteiger partial charge in [-0.25, -0.2) is 0 Å². The third kappa shape index (κ3) is 3.16. The molecule has 1 aliphatic rings. The van der Waals surface area contributed by atoms with E-state index < -0.39 is 0 Å². The first-order valence-electron chi connectivity index (χ1n) is 6.79. The lowest BCUT2D eigenvalue weighted by atomic mass is 9.90. The summed E-state index contributed by atoms with van der Waals surface area (Å²) >= 11 is 1.70. The maximum Gasteiger partial charge on any atom is 0.106 e. The quantitative estimate of drug-likeness (QED) is 0.401. The Kier molecular flexibility index (Phi) is 5.07. The Morgan fingerprint density at radius 3 is 2.35 bits per heavy atom. The minimum atomic E-state index is -0.320. The van der Waals surface area contributed by atoms with Gasteiger partial charge in [0.25, 0.3) is 0 Å². The number of nitrogens with zero attached hydrogens (tertiary/aromatic N) is 2. The smallest absolute Gasteiger partial charge is 0.106 e. The number of hydrogen-bond acceptors (Lipinski definition) is 5. The first-order chi connectivity index (χ1) is 9.59. The van der Waals surface area contributed by atoms with Crippen LogP contribution in [0.5, 0.6) is 0 Å². The average Bonchev–Trinajstić information content (AvgIpc) is 2.49. The highest BCUT2D eigenvalue weighted by atomic mass is 32.2. The number of morpholine rings is 1. The highest BCUT2D eigenvalue weighted by Crippen LogP contribution is 2.24. The molecule has 5 heteroatoms. The maximum atomic E-state index is 9.50. The normalized spacial score (nSPS) is 18.2. The molecule has 0 radical (unpaired) electrons. The number of hydrogen-bond donors (Lipinski definition) is 1. The Hall–Kier alpha value is -1.04. The van der Waals surface area contributed by atoms with Gasteiger partial charge in [0.05, 0.1) is 18.8 Å². The summed E-state index contributed by atoms with van der Waals surface area (Å²) in [4.78, 5) is 3.50. The Bertz CT molecular complexity index is 465. The molecular formula is C15H22N2O2S. The highest BCUT2D eigenvalue weighted by Gasteiger charge is 2.34.